The van der Waals surface area contributed by atoms with Crippen molar-refractivity contribution in [3.05, 3.63) is 0 Å². The van der Waals surface area contributed by atoms with Crippen LogP contribution in [0.2, 0.25) is 0 Å². The number of esters is 1. The number of carbonyl (C=O) groups excluding carboxylic acids is 2. The molecule has 1 atom stereocenters. The third-order valence-electron chi connectivity index (χ3n) is 1.10. The maximum absolute atomic E-state index is 10.4. The van der Waals surface area contributed by atoms with Crippen molar-refractivity contribution in [1.82, 2.24) is 0 Å². The largest absolute Gasteiger partial charge is 0.481 e. The number of hydrogen-bond donors (Lipinski definition) is 1. The fraction of sp³-hybridized carbons (Fsp3) is 0.500. The van der Waals surface area contributed by atoms with Gasteiger partial charge in [-0.15, -0.1) is 0 Å². The van der Waals surface area contributed by atoms with Crippen molar-refractivity contribution < 1.29 is 24.2 Å². The third-order valence-corrected chi connectivity index (χ3v) is 1.10. The maximum Gasteiger partial charge on any atom is 0.314 e. The van der Waals surface area contributed by atoms with Crippen LogP contribution in [0.4, 0.5) is 0 Å². The molecule has 0 radical (unpaired) electrons. The zero-order valence-corrected chi connectivity index (χ0v) is 5.94. The number of aliphatic carboxylic acids is 1. The molecular weight excluding hydrogens is 152 g/mol. The minimum absolute atomic E-state index is 0.208. The Labute approximate surface area is 63.0 Å². The number of carboxylic acid groups (broad SMARTS) is 1. The summed E-state index contributed by atoms with van der Waals surface area (Å²) < 4.78 is 4.17. The van der Waals surface area contributed by atoms with Gasteiger partial charge in [0.2, 0.25) is 0 Å². The van der Waals surface area contributed by atoms with Crippen molar-refractivity contribution in [1.29, 1.82) is 0 Å². The fourth-order valence-electron chi connectivity index (χ4n) is 0.457. The highest BCUT2D eigenvalue weighted by Gasteiger charge is 2.20. The van der Waals surface area contributed by atoms with Crippen LogP contribution in [-0.4, -0.2) is 30.4 Å². The molecule has 0 rings (SSSR count). The Morgan fingerprint density at radius 3 is 2.45 bits per heavy atom. The molecule has 0 aliphatic carbocycles. The third kappa shape index (κ3) is 3.34. The predicted molar refractivity (Wildman–Crippen MR) is 33.8 cm³/mol. The van der Waals surface area contributed by atoms with Crippen molar-refractivity contribution in [2.75, 3.05) is 7.11 Å². The van der Waals surface area contributed by atoms with Crippen molar-refractivity contribution in [3.8, 4) is 0 Å². The van der Waals surface area contributed by atoms with Crippen LogP contribution in [0, 0.1) is 5.92 Å². The summed E-state index contributed by atoms with van der Waals surface area (Å²) in [7, 11) is 1.13. The monoisotopic (exact) mass is 160 g/mol. The SMILES string of the molecule is COC(=O)CC(C=O)C(=O)O. The standard InChI is InChI=1S/C6H8O5/c1-11-5(8)2-4(3-7)6(9)10/h3-4H,2H2,1H3,(H,9,10). The Hall–Kier alpha value is -1.39. The van der Waals surface area contributed by atoms with E-state index in [4.69, 9.17) is 5.11 Å². The van der Waals surface area contributed by atoms with E-state index in [-0.39, 0.29) is 6.29 Å². The predicted octanol–water partition coefficient (Wildman–Crippen LogP) is -0.551. The maximum atomic E-state index is 10.4. The molecule has 62 valence electrons. The van der Waals surface area contributed by atoms with Gasteiger partial charge in [-0.1, -0.05) is 0 Å². The summed E-state index contributed by atoms with van der Waals surface area (Å²) in [6.07, 6.45) is -0.200. The zero-order valence-electron chi connectivity index (χ0n) is 5.94. The first-order chi connectivity index (χ1) is 5.11. The van der Waals surface area contributed by atoms with Gasteiger partial charge < -0.3 is 14.6 Å². The normalized spacial score (nSPS) is 11.7. The topological polar surface area (TPSA) is 80.7 Å². The van der Waals surface area contributed by atoms with Gasteiger partial charge in [-0.25, -0.2) is 0 Å². The van der Waals surface area contributed by atoms with E-state index in [1.165, 1.54) is 0 Å². The van der Waals surface area contributed by atoms with E-state index in [2.05, 4.69) is 4.74 Å². The molecule has 0 aromatic carbocycles. The summed E-state index contributed by atoms with van der Waals surface area (Å²) >= 11 is 0. The Morgan fingerprint density at radius 1 is 1.64 bits per heavy atom. The molecule has 0 aliphatic heterocycles. The highest BCUT2D eigenvalue weighted by atomic mass is 16.5. The Balaban J connectivity index is 3.98. The van der Waals surface area contributed by atoms with Crippen LogP contribution < -0.4 is 0 Å². The van der Waals surface area contributed by atoms with Crippen molar-refractivity contribution in [3.63, 3.8) is 0 Å². The molecule has 0 aromatic rings. The average molecular weight is 160 g/mol. The van der Waals surface area contributed by atoms with Crippen LogP contribution in [0.5, 0.6) is 0 Å². The Morgan fingerprint density at radius 2 is 2.18 bits per heavy atom. The van der Waals surface area contributed by atoms with Crippen LogP contribution in [0.1, 0.15) is 6.42 Å². The first kappa shape index (κ1) is 9.61. The summed E-state index contributed by atoms with van der Waals surface area (Å²) in [6.45, 7) is 0. The molecule has 0 aliphatic rings. The molecule has 0 fully saturated rings. The number of methoxy groups -OCH3 is 1. The van der Waals surface area contributed by atoms with Gasteiger partial charge in [0.25, 0.3) is 0 Å². The summed E-state index contributed by atoms with van der Waals surface area (Å²) in [4.78, 5) is 30.6. The first-order valence-electron chi connectivity index (χ1n) is 2.86. The molecule has 0 aromatic heterocycles. The lowest BCUT2D eigenvalue weighted by Crippen LogP contribution is -2.19. The van der Waals surface area contributed by atoms with E-state index in [0.717, 1.165) is 7.11 Å². The lowest BCUT2D eigenvalue weighted by molar-refractivity contribution is -0.151. The zero-order chi connectivity index (χ0) is 8.85. The minimum Gasteiger partial charge on any atom is -0.481 e. The minimum atomic E-state index is -1.31. The number of carboxylic acids is 1. The average Bonchev–Trinajstić information content (AvgIpc) is 1.99. The molecule has 5 heteroatoms. The lowest BCUT2D eigenvalue weighted by Gasteiger charge is -2.01. The van der Waals surface area contributed by atoms with E-state index in [9.17, 15) is 14.4 Å². The number of hydrogen-bond acceptors (Lipinski definition) is 4. The van der Waals surface area contributed by atoms with E-state index in [1.807, 2.05) is 0 Å². The van der Waals surface area contributed by atoms with Crippen LogP contribution in [0.15, 0.2) is 0 Å². The van der Waals surface area contributed by atoms with Gasteiger partial charge in [0.05, 0.1) is 13.5 Å². The number of carbonyl (C=O) groups is 3. The van der Waals surface area contributed by atoms with Crippen molar-refractivity contribution >= 4 is 18.2 Å². The van der Waals surface area contributed by atoms with Crippen LogP contribution in [-0.2, 0) is 19.1 Å². The van der Waals surface area contributed by atoms with Gasteiger partial charge in [-0.05, 0) is 0 Å². The second-order valence-electron chi connectivity index (χ2n) is 1.86. The van der Waals surface area contributed by atoms with E-state index >= 15 is 0 Å². The fourth-order valence-corrected chi connectivity index (χ4v) is 0.457. The van der Waals surface area contributed by atoms with Gasteiger partial charge in [-0.2, -0.15) is 0 Å². The first-order valence-corrected chi connectivity index (χ1v) is 2.86. The van der Waals surface area contributed by atoms with Crippen LogP contribution >= 0.6 is 0 Å². The number of ether oxygens (including phenoxy) is 1. The summed E-state index contributed by atoms with van der Waals surface area (Å²) in [5, 5.41) is 8.28. The van der Waals surface area contributed by atoms with Gasteiger partial charge in [0.1, 0.15) is 12.2 Å². The molecule has 0 amide bonds. The van der Waals surface area contributed by atoms with E-state index in [0.29, 0.717) is 0 Å². The van der Waals surface area contributed by atoms with Gasteiger partial charge in [-0.3, -0.25) is 9.59 Å². The molecule has 0 heterocycles. The van der Waals surface area contributed by atoms with Crippen molar-refractivity contribution in [2.45, 2.75) is 6.42 Å². The van der Waals surface area contributed by atoms with E-state index < -0.39 is 24.3 Å². The molecule has 5 nitrogen and oxygen atoms in total. The Bertz CT molecular complexity index is 174. The second kappa shape index (κ2) is 4.43. The van der Waals surface area contributed by atoms with Gasteiger partial charge >= 0.3 is 11.9 Å². The van der Waals surface area contributed by atoms with Gasteiger partial charge in [0.15, 0.2) is 0 Å². The molecule has 1 N–H and O–H groups in total. The molecule has 1 unspecified atom stereocenters. The Kier molecular flexibility index (Phi) is 3.87. The number of rotatable bonds is 4. The molecule has 0 saturated heterocycles. The van der Waals surface area contributed by atoms with Gasteiger partial charge in [0, 0.05) is 0 Å². The van der Waals surface area contributed by atoms with Crippen LogP contribution in [0.3, 0.4) is 0 Å². The highest BCUT2D eigenvalue weighted by Crippen LogP contribution is 2.00. The smallest absolute Gasteiger partial charge is 0.314 e. The molecule has 0 bridgehead atoms. The second-order valence-corrected chi connectivity index (χ2v) is 1.86. The van der Waals surface area contributed by atoms with Crippen LogP contribution in [0.25, 0.3) is 0 Å². The highest BCUT2D eigenvalue weighted by molar-refractivity contribution is 5.90. The molecular formula is C6H8O5. The van der Waals surface area contributed by atoms with Crippen molar-refractivity contribution in [2.24, 2.45) is 5.92 Å². The molecule has 0 spiro atoms. The summed E-state index contributed by atoms with van der Waals surface area (Å²) in [5.74, 6) is -3.31. The lowest BCUT2D eigenvalue weighted by atomic mass is 10.1. The summed E-state index contributed by atoms with van der Waals surface area (Å²) in [6, 6.07) is 0. The molecule has 0 saturated carbocycles. The quantitative estimate of drug-likeness (QED) is 0.339. The number of aldehydes is 1. The molecule has 11 heavy (non-hydrogen) atoms. The summed E-state index contributed by atoms with van der Waals surface area (Å²) in [5.41, 5.74) is 0. The van der Waals surface area contributed by atoms with E-state index in [1.54, 1.807) is 0 Å².